The van der Waals surface area contributed by atoms with Crippen molar-refractivity contribution in [2.45, 2.75) is 45.1 Å². The number of hydrogen-bond donors (Lipinski definition) is 1. The van der Waals surface area contributed by atoms with E-state index in [9.17, 15) is 4.79 Å². The largest absolute Gasteiger partial charge is 0.369 e. The lowest BCUT2D eigenvalue weighted by Gasteiger charge is -2.28. The third kappa shape index (κ3) is 3.08. The van der Waals surface area contributed by atoms with Gasteiger partial charge in [0.25, 0.3) is 0 Å². The van der Waals surface area contributed by atoms with Crippen LogP contribution in [0.1, 0.15) is 37.7 Å². The first kappa shape index (κ1) is 15.7. The average Bonchev–Trinajstić information content (AvgIpc) is 3.10. The maximum atomic E-state index is 12.7. The third-order valence-electron chi connectivity index (χ3n) is 6.16. The molecule has 1 aliphatic heterocycles. The maximum Gasteiger partial charge on any atom is 0.317 e. The molecule has 0 spiro atoms. The minimum atomic E-state index is 0.154. The molecule has 2 aliphatic carbocycles. The molecule has 5 heteroatoms. The summed E-state index contributed by atoms with van der Waals surface area (Å²) in [6.45, 7) is 5.66. The van der Waals surface area contributed by atoms with E-state index in [1.54, 1.807) is 0 Å². The van der Waals surface area contributed by atoms with Crippen LogP contribution < -0.4 is 10.2 Å². The number of pyridine rings is 1. The summed E-state index contributed by atoms with van der Waals surface area (Å²) in [6, 6.07) is 2.67. The first-order valence-corrected chi connectivity index (χ1v) is 9.41. The van der Waals surface area contributed by atoms with Crippen molar-refractivity contribution in [1.82, 2.24) is 15.2 Å². The molecule has 3 aliphatic rings. The van der Waals surface area contributed by atoms with Crippen molar-refractivity contribution in [2.75, 3.05) is 31.1 Å². The first-order valence-electron chi connectivity index (χ1n) is 9.41. The maximum absolute atomic E-state index is 12.7. The van der Waals surface area contributed by atoms with Gasteiger partial charge in [0.05, 0.1) is 0 Å². The molecule has 3 atom stereocenters. The molecule has 2 saturated carbocycles. The van der Waals surface area contributed by atoms with Crippen LogP contribution in [-0.2, 0) is 0 Å². The second-order valence-corrected chi connectivity index (χ2v) is 7.72. The van der Waals surface area contributed by atoms with Crippen LogP contribution >= 0.6 is 0 Å². The van der Waals surface area contributed by atoms with Gasteiger partial charge in [0, 0.05) is 50.3 Å². The van der Waals surface area contributed by atoms with Crippen LogP contribution in [0.2, 0.25) is 0 Å². The Kier molecular flexibility index (Phi) is 4.33. The fraction of sp³-hybridized carbons (Fsp3) is 0.684. The van der Waals surface area contributed by atoms with Gasteiger partial charge in [0.15, 0.2) is 0 Å². The van der Waals surface area contributed by atoms with Crippen LogP contribution in [0, 0.1) is 18.8 Å². The highest BCUT2D eigenvalue weighted by Crippen LogP contribution is 2.44. The van der Waals surface area contributed by atoms with E-state index in [1.807, 2.05) is 17.3 Å². The molecule has 5 nitrogen and oxygen atoms in total. The molecule has 1 aromatic heterocycles. The number of anilines is 1. The Morgan fingerprint density at radius 3 is 2.88 bits per heavy atom. The number of carbonyl (C=O) groups is 1. The standard InChI is InChI=1S/C19H28N4O/c1-14-13-20-6-5-18(14)22-7-2-8-23(10-9-22)19(24)21-17-12-15-3-4-16(17)11-15/h5-6,13,15-17H,2-4,7-12H2,1H3,(H,21,24)/t15-,16+,17-/m1/s1. The predicted octanol–water partition coefficient (Wildman–Crippen LogP) is 2.80. The number of rotatable bonds is 2. The average molecular weight is 328 g/mol. The Bertz CT molecular complexity index is 605. The Morgan fingerprint density at radius 2 is 2.12 bits per heavy atom. The molecule has 4 rings (SSSR count). The number of nitrogens with one attached hydrogen (secondary N) is 1. The summed E-state index contributed by atoms with van der Waals surface area (Å²) in [4.78, 5) is 21.3. The summed E-state index contributed by atoms with van der Waals surface area (Å²) in [7, 11) is 0. The molecular formula is C19H28N4O. The van der Waals surface area contributed by atoms with Gasteiger partial charge < -0.3 is 15.1 Å². The molecule has 24 heavy (non-hydrogen) atoms. The zero-order chi connectivity index (χ0) is 16.5. The highest BCUT2D eigenvalue weighted by molar-refractivity contribution is 5.74. The van der Waals surface area contributed by atoms with E-state index >= 15 is 0 Å². The van der Waals surface area contributed by atoms with E-state index in [-0.39, 0.29) is 6.03 Å². The normalized spacial score (nSPS) is 29.6. The minimum absolute atomic E-state index is 0.154. The van der Waals surface area contributed by atoms with Crippen molar-refractivity contribution >= 4 is 11.7 Å². The zero-order valence-corrected chi connectivity index (χ0v) is 14.6. The Morgan fingerprint density at radius 1 is 1.21 bits per heavy atom. The lowest BCUT2D eigenvalue weighted by atomic mass is 9.95. The van der Waals surface area contributed by atoms with E-state index in [0.717, 1.165) is 44.4 Å². The number of aromatic nitrogens is 1. The first-order chi connectivity index (χ1) is 11.7. The van der Waals surface area contributed by atoms with Crippen LogP contribution in [0.15, 0.2) is 18.5 Å². The Labute approximate surface area is 144 Å². The van der Waals surface area contributed by atoms with Crippen molar-refractivity contribution < 1.29 is 4.79 Å². The second kappa shape index (κ2) is 6.61. The van der Waals surface area contributed by atoms with Crippen molar-refractivity contribution in [2.24, 2.45) is 11.8 Å². The van der Waals surface area contributed by atoms with Gasteiger partial charge in [-0.25, -0.2) is 4.79 Å². The fourth-order valence-corrected chi connectivity index (χ4v) is 4.85. The number of aryl methyl sites for hydroxylation is 1. The number of carbonyl (C=O) groups excluding carboxylic acids is 1. The summed E-state index contributed by atoms with van der Waals surface area (Å²) in [6.07, 6.45) is 10.0. The molecule has 1 aromatic rings. The van der Waals surface area contributed by atoms with Crippen molar-refractivity contribution in [3.63, 3.8) is 0 Å². The highest BCUT2D eigenvalue weighted by Gasteiger charge is 2.40. The van der Waals surface area contributed by atoms with Crippen LogP contribution in [0.25, 0.3) is 0 Å². The van der Waals surface area contributed by atoms with E-state index in [2.05, 4.69) is 28.2 Å². The molecule has 1 N–H and O–H groups in total. The zero-order valence-electron chi connectivity index (χ0n) is 14.6. The molecule has 2 amide bonds. The fourth-order valence-electron chi connectivity index (χ4n) is 4.85. The van der Waals surface area contributed by atoms with E-state index in [0.29, 0.717) is 6.04 Å². The molecule has 2 bridgehead atoms. The molecule has 0 unspecified atom stereocenters. The van der Waals surface area contributed by atoms with Gasteiger partial charge in [0.2, 0.25) is 0 Å². The number of hydrogen-bond acceptors (Lipinski definition) is 3. The quantitative estimate of drug-likeness (QED) is 0.908. The topological polar surface area (TPSA) is 48.5 Å². The van der Waals surface area contributed by atoms with Crippen LogP contribution in [0.3, 0.4) is 0 Å². The lowest BCUT2D eigenvalue weighted by molar-refractivity contribution is 0.191. The smallest absolute Gasteiger partial charge is 0.317 e. The SMILES string of the molecule is Cc1cnccc1N1CCCN(C(=O)N[C@@H]2C[C@@H]3CC[C@H]2C3)CC1. The number of fused-ring (bicyclic) bond motifs is 2. The van der Waals surface area contributed by atoms with Crippen LogP contribution in [0.5, 0.6) is 0 Å². The van der Waals surface area contributed by atoms with Crippen LogP contribution in [-0.4, -0.2) is 48.1 Å². The lowest BCUT2D eigenvalue weighted by Crippen LogP contribution is -2.47. The highest BCUT2D eigenvalue weighted by atomic mass is 16.2. The molecule has 1 saturated heterocycles. The van der Waals surface area contributed by atoms with Gasteiger partial charge in [-0.15, -0.1) is 0 Å². The summed E-state index contributed by atoms with van der Waals surface area (Å²) < 4.78 is 0. The Hall–Kier alpha value is -1.78. The molecule has 130 valence electrons. The summed E-state index contributed by atoms with van der Waals surface area (Å²) >= 11 is 0. The van der Waals surface area contributed by atoms with Gasteiger partial charge in [-0.1, -0.05) is 6.42 Å². The van der Waals surface area contributed by atoms with Crippen molar-refractivity contribution in [1.29, 1.82) is 0 Å². The van der Waals surface area contributed by atoms with E-state index in [4.69, 9.17) is 0 Å². The molecule has 3 fully saturated rings. The molecule has 0 radical (unpaired) electrons. The van der Waals surface area contributed by atoms with Gasteiger partial charge in [0.1, 0.15) is 0 Å². The Balaban J connectivity index is 1.34. The summed E-state index contributed by atoms with van der Waals surface area (Å²) in [5, 5.41) is 3.33. The van der Waals surface area contributed by atoms with Gasteiger partial charge >= 0.3 is 6.03 Å². The second-order valence-electron chi connectivity index (χ2n) is 7.72. The number of nitrogens with zero attached hydrogens (tertiary/aromatic N) is 3. The molecular weight excluding hydrogens is 300 g/mol. The van der Waals surface area contributed by atoms with Crippen molar-refractivity contribution in [3.8, 4) is 0 Å². The number of amides is 2. The minimum Gasteiger partial charge on any atom is -0.369 e. The van der Waals surface area contributed by atoms with Gasteiger partial charge in [-0.2, -0.15) is 0 Å². The number of urea groups is 1. The molecule has 0 aromatic carbocycles. The van der Waals surface area contributed by atoms with Crippen molar-refractivity contribution in [3.05, 3.63) is 24.0 Å². The van der Waals surface area contributed by atoms with Crippen LogP contribution in [0.4, 0.5) is 10.5 Å². The monoisotopic (exact) mass is 328 g/mol. The third-order valence-corrected chi connectivity index (χ3v) is 6.16. The van der Waals surface area contributed by atoms with E-state index < -0.39 is 0 Å². The van der Waals surface area contributed by atoms with E-state index in [1.165, 1.54) is 36.9 Å². The summed E-state index contributed by atoms with van der Waals surface area (Å²) in [5.41, 5.74) is 2.46. The van der Waals surface area contributed by atoms with Gasteiger partial charge in [-0.05, 0) is 56.1 Å². The molecule has 2 heterocycles. The predicted molar refractivity (Wildman–Crippen MR) is 95.1 cm³/mol. The van der Waals surface area contributed by atoms with Gasteiger partial charge in [-0.3, -0.25) is 4.98 Å². The summed E-state index contributed by atoms with van der Waals surface area (Å²) in [5.74, 6) is 1.61.